The Morgan fingerprint density at radius 3 is 2.55 bits per heavy atom. The molecule has 9 nitrogen and oxygen atoms in total. The molecule has 0 bridgehead atoms. The molecule has 0 radical (unpaired) electrons. The molecule has 0 aromatic carbocycles. The Balaban J connectivity index is 1.19. The van der Waals surface area contributed by atoms with Gasteiger partial charge in [-0.2, -0.15) is 4.31 Å². The highest BCUT2D eigenvalue weighted by atomic mass is 35.5. The van der Waals surface area contributed by atoms with E-state index in [2.05, 4.69) is 20.3 Å². The number of carbonyl (C=O) groups excluding carboxylic acids is 1. The zero-order valence-electron chi connectivity index (χ0n) is 17.7. The number of piperazine rings is 1. The molecule has 0 saturated carbocycles. The van der Waals surface area contributed by atoms with E-state index in [0.717, 1.165) is 47.7 Å². The fourth-order valence-electron chi connectivity index (χ4n) is 4.17. The predicted molar refractivity (Wildman–Crippen MR) is 128 cm³/mol. The minimum Gasteiger partial charge on any atom is -0.371 e. The van der Waals surface area contributed by atoms with Gasteiger partial charge < -0.3 is 4.90 Å². The lowest BCUT2D eigenvalue weighted by Crippen LogP contribution is -2.60. The van der Waals surface area contributed by atoms with Crippen LogP contribution in [0.4, 0.5) is 5.69 Å². The number of carbonyl (C=O) groups is 1. The first-order valence-corrected chi connectivity index (χ1v) is 13.3. The Kier molecular flexibility index (Phi) is 6.23. The topological polar surface area (TPSA) is 98.7 Å². The number of fused-ring (bicyclic) bond motifs is 1. The Labute approximate surface area is 201 Å². The maximum atomic E-state index is 13.1. The summed E-state index contributed by atoms with van der Waals surface area (Å²) >= 11 is 7.05. The highest BCUT2D eigenvalue weighted by Crippen LogP contribution is 2.31. The molecular formula is C21H23ClN6O3S2. The summed E-state index contributed by atoms with van der Waals surface area (Å²) in [6, 6.07) is 9.07. The van der Waals surface area contributed by atoms with Crippen LogP contribution in [0.3, 0.4) is 0 Å². The van der Waals surface area contributed by atoms with Crippen LogP contribution in [0.1, 0.15) is 12.8 Å². The average molecular weight is 507 g/mol. The summed E-state index contributed by atoms with van der Waals surface area (Å²) in [5.41, 5.74) is 5.01. The van der Waals surface area contributed by atoms with E-state index in [1.807, 2.05) is 12.1 Å². The molecule has 3 aromatic heterocycles. The maximum absolute atomic E-state index is 13.1. The van der Waals surface area contributed by atoms with Crippen molar-refractivity contribution in [1.82, 2.24) is 24.7 Å². The molecule has 174 valence electrons. The summed E-state index contributed by atoms with van der Waals surface area (Å²) in [6.07, 6.45) is 5.36. The van der Waals surface area contributed by atoms with Crippen LogP contribution in [0.2, 0.25) is 5.15 Å². The highest BCUT2D eigenvalue weighted by molar-refractivity contribution is 7.91. The first kappa shape index (κ1) is 22.5. The van der Waals surface area contributed by atoms with E-state index in [4.69, 9.17) is 11.6 Å². The van der Waals surface area contributed by atoms with Crippen molar-refractivity contribution in [3.63, 3.8) is 0 Å². The van der Waals surface area contributed by atoms with E-state index in [1.165, 1.54) is 10.4 Å². The van der Waals surface area contributed by atoms with E-state index in [-0.39, 0.29) is 29.2 Å². The van der Waals surface area contributed by atoms with Crippen molar-refractivity contribution in [2.75, 3.05) is 37.6 Å². The van der Waals surface area contributed by atoms with Gasteiger partial charge in [-0.25, -0.2) is 18.8 Å². The van der Waals surface area contributed by atoms with Gasteiger partial charge in [0, 0.05) is 43.8 Å². The van der Waals surface area contributed by atoms with E-state index in [9.17, 15) is 13.2 Å². The largest absolute Gasteiger partial charge is 0.371 e. The molecule has 0 unspecified atom stereocenters. The maximum Gasteiger partial charge on any atom is 0.253 e. The second-order valence-corrected chi connectivity index (χ2v) is 11.7. The number of halogens is 1. The van der Waals surface area contributed by atoms with Crippen LogP contribution < -0.4 is 10.3 Å². The van der Waals surface area contributed by atoms with E-state index >= 15 is 0 Å². The Morgan fingerprint density at radius 2 is 1.82 bits per heavy atom. The van der Waals surface area contributed by atoms with Gasteiger partial charge in [-0.3, -0.25) is 14.8 Å². The van der Waals surface area contributed by atoms with Crippen LogP contribution in [0.15, 0.2) is 46.9 Å². The first-order chi connectivity index (χ1) is 15.9. The summed E-state index contributed by atoms with van der Waals surface area (Å²) in [4.78, 5) is 23.3. The van der Waals surface area contributed by atoms with Crippen molar-refractivity contribution in [2.24, 2.45) is 0 Å². The third-order valence-electron chi connectivity index (χ3n) is 5.96. The number of hydrogen-bond donors (Lipinski definition) is 1. The Morgan fingerprint density at radius 1 is 1.06 bits per heavy atom. The molecule has 0 spiro atoms. The van der Waals surface area contributed by atoms with Gasteiger partial charge in [0.25, 0.3) is 15.9 Å². The molecule has 12 heteroatoms. The number of aromatic nitrogens is 2. The monoisotopic (exact) mass is 506 g/mol. The number of hydrogen-bond acceptors (Lipinski definition) is 8. The molecule has 1 N–H and O–H groups in total. The zero-order valence-corrected chi connectivity index (χ0v) is 20.1. The average Bonchev–Trinajstić information content (AvgIpc) is 3.25. The van der Waals surface area contributed by atoms with Gasteiger partial charge in [0.2, 0.25) is 0 Å². The molecule has 2 aliphatic rings. The van der Waals surface area contributed by atoms with Gasteiger partial charge in [-0.15, -0.1) is 11.3 Å². The van der Waals surface area contributed by atoms with Crippen LogP contribution in [0.5, 0.6) is 0 Å². The van der Waals surface area contributed by atoms with Crippen LogP contribution in [-0.2, 0) is 14.8 Å². The molecule has 3 aromatic rings. The van der Waals surface area contributed by atoms with Crippen LogP contribution in [-0.4, -0.2) is 72.4 Å². The molecule has 2 saturated heterocycles. The zero-order chi connectivity index (χ0) is 23.0. The van der Waals surface area contributed by atoms with Gasteiger partial charge >= 0.3 is 0 Å². The van der Waals surface area contributed by atoms with Gasteiger partial charge in [0.15, 0.2) is 0 Å². The van der Waals surface area contributed by atoms with Crippen molar-refractivity contribution in [2.45, 2.75) is 23.1 Å². The second-order valence-electron chi connectivity index (χ2n) is 8.06. The van der Waals surface area contributed by atoms with Crippen LogP contribution in [0.25, 0.3) is 10.2 Å². The van der Waals surface area contributed by atoms with Crippen molar-refractivity contribution in [1.29, 1.82) is 0 Å². The SMILES string of the molecule is O=C1CN(S(=O)(=O)c2cc3nc(Cl)ccc3s2)CCN1NC1CCN(c2ccncc2)CC1. The molecule has 5 heterocycles. The molecule has 1 amide bonds. The lowest BCUT2D eigenvalue weighted by Gasteiger charge is -2.39. The normalized spacial score (nSPS) is 18.9. The summed E-state index contributed by atoms with van der Waals surface area (Å²) in [5, 5.41) is 1.89. The first-order valence-electron chi connectivity index (χ1n) is 10.7. The molecule has 2 fully saturated rings. The van der Waals surface area contributed by atoms with Crippen molar-refractivity contribution >= 4 is 54.8 Å². The van der Waals surface area contributed by atoms with Crippen LogP contribution in [0, 0.1) is 0 Å². The fraction of sp³-hybridized carbons (Fsp3) is 0.381. The fourth-order valence-corrected chi connectivity index (χ4v) is 7.18. The summed E-state index contributed by atoms with van der Waals surface area (Å²) in [6.45, 7) is 2.12. The lowest BCUT2D eigenvalue weighted by molar-refractivity contribution is -0.138. The third kappa shape index (κ3) is 4.69. The standard InChI is InChI=1S/C21H23ClN6O3S2/c22-19-2-1-18-17(24-19)13-21(32-18)33(30,31)27-11-12-28(20(29)14-27)25-15-5-9-26(10-6-15)16-3-7-23-8-4-16/h1-4,7-8,13,15,25H,5-6,9-12,14H2. The molecule has 2 aliphatic heterocycles. The molecule has 0 aliphatic carbocycles. The minimum atomic E-state index is -3.78. The summed E-state index contributed by atoms with van der Waals surface area (Å²) in [7, 11) is -3.78. The molecule has 33 heavy (non-hydrogen) atoms. The number of sulfonamides is 1. The number of anilines is 1. The number of piperidine rings is 1. The van der Waals surface area contributed by atoms with Gasteiger partial charge in [0.05, 0.1) is 23.3 Å². The van der Waals surface area contributed by atoms with E-state index in [0.29, 0.717) is 17.2 Å². The summed E-state index contributed by atoms with van der Waals surface area (Å²) < 4.78 is 28.4. The van der Waals surface area contributed by atoms with Crippen LogP contribution >= 0.6 is 22.9 Å². The van der Waals surface area contributed by atoms with Crippen molar-refractivity contribution < 1.29 is 13.2 Å². The highest BCUT2D eigenvalue weighted by Gasteiger charge is 2.35. The Hall–Kier alpha value is -2.31. The molecular weight excluding hydrogens is 484 g/mol. The number of amides is 1. The van der Waals surface area contributed by atoms with E-state index < -0.39 is 10.0 Å². The number of pyridine rings is 2. The minimum absolute atomic E-state index is 0.171. The number of nitrogens with zero attached hydrogens (tertiary/aromatic N) is 5. The summed E-state index contributed by atoms with van der Waals surface area (Å²) in [5.74, 6) is -0.247. The molecule has 0 atom stereocenters. The lowest BCUT2D eigenvalue weighted by atomic mass is 10.1. The van der Waals surface area contributed by atoms with E-state index in [1.54, 1.807) is 29.5 Å². The second kappa shape index (κ2) is 9.15. The predicted octanol–water partition coefficient (Wildman–Crippen LogP) is 2.35. The Bertz CT molecular complexity index is 1260. The number of rotatable bonds is 5. The third-order valence-corrected chi connectivity index (χ3v) is 9.55. The quantitative estimate of drug-likeness (QED) is 0.530. The van der Waals surface area contributed by atoms with Crippen molar-refractivity contribution in [3.8, 4) is 0 Å². The number of nitrogens with one attached hydrogen (secondary N) is 1. The smallest absolute Gasteiger partial charge is 0.253 e. The number of thiophene rings is 1. The van der Waals surface area contributed by atoms with Gasteiger partial charge in [0.1, 0.15) is 9.36 Å². The van der Waals surface area contributed by atoms with Gasteiger partial charge in [-0.05, 0) is 43.2 Å². The van der Waals surface area contributed by atoms with Gasteiger partial charge in [-0.1, -0.05) is 11.6 Å². The van der Waals surface area contributed by atoms with Crippen molar-refractivity contribution in [3.05, 3.63) is 47.9 Å². The molecule has 5 rings (SSSR count). The number of hydrazine groups is 1.